The Morgan fingerprint density at radius 1 is 0.893 bits per heavy atom. The summed E-state index contributed by atoms with van der Waals surface area (Å²) in [4.78, 5) is 0. The molecule has 0 fully saturated rings. The lowest BCUT2D eigenvalue weighted by Gasteiger charge is -2.14. The molecule has 0 aliphatic carbocycles. The molecule has 142 valence electrons. The van der Waals surface area contributed by atoms with E-state index in [0.717, 1.165) is 28.1 Å². The third-order valence-electron chi connectivity index (χ3n) is 4.81. The topological polar surface area (TPSA) is 17.0 Å². The van der Waals surface area contributed by atoms with Gasteiger partial charge in [0.1, 0.15) is 0 Å². The lowest BCUT2D eigenvalue weighted by Crippen LogP contribution is -2.07. The summed E-state index contributed by atoms with van der Waals surface area (Å²) in [6.07, 6.45) is -2.54. The van der Waals surface area contributed by atoms with Crippen molar-refractivity contribution in [3.05, 3.63) is 90.1 Å². The maximum Gasteiger partial charge on any atom is 0.416 e. The Balaban J connectivity index is 1.78. The summed E-state index contributed by atoms with van der Waals surface area (Å²) < 4.78 is 42.5. The van der Waals surface area contributed by atoms with Crippen molar-refractivity contribution in [3.63, 3.8) is 0 Å². The van der Waals surface area contributed by atoms with Gasteiger partial charge in [-0.15, -0.1) is 0 Å². The fourth-order valence-corrected chi connectivity index (χ4v) is 3.42. The van der Waals surface area contributed by atoms with Crippen LogP contribution in [-0.2, 0) is 19.8 Å². The first-order valence-corrected chi connectivity index (χ1v) is 8.96. The molecule has 5 heteroatoms. The summed E-state index contributed by atoms with van der Waals surface area (Å²) >= 11 is 0. The van der Waals surface area contributed by atoms with Crippen LogP contribution in [0.5, 0.6) is 0 Å². The molecule has 4 rings (SSSR count). The molecule has 4 aromatic rings. The molecule has 0 unspecified atom stereocenters. The molecule has 28 heavy (non-hydrogen) atoms. The maximum absolute atomic E-state index is 13.5. The molecule has 0 amide bonds. The predicted molar refractivity (Wildman–Crippen MR) is 107 cm³/mol. The number of hydrogen-bond donors (Lipinski definition) is 1. The first-order chi connectivity index (χ1) is 13.4. The Kier molecular flexibility index (Phi) is 4.59. The first kappa shape index (κ1) is 18.2. The zero-order valence-electron chi connectivity index (χ0n) is 15.3. The molecule has 0 saturated carbocycles. The second kappa shape index (κ2) is 7.08. The number of halogens is 3. The third-order valence-corrected chi connectivity index (χ3v) is 4.81. The number of nitrogens with one attached hydrogen (secondary N) is 1. The Labute approximate surface area is 161 Å². The van der Waals surface area contributed by atoms with E-state index in [4.69, 9.17) is 0 Å². The largest absolute Gasteiger partial charge is 0.416 e. The Hall–Kier alpha value is -3.21. The molecule has 1 N–H and O–H groups in total. The SMILES string of the molecule is Cn1cc(-c2cc(NCc3ccccc3)cc(C(F)(F)F)c2)c2ccccc21. The van der Waals surface area contributed by atoms with Crippen LogP contribution in [0.3, 0.4) is 0 Å². The number of aromatic nitrogens is 1. The fourth-order valence-electron chi connectivity index (χ4n) is 3.42. The first-order valence-electron chi connectivity index (χ1n) is 8.96. The molecule has 2 nitrogen and oxygen atoms in total. The molecule has 0 saturated heterocycles. The molecule has 0 aliphatic heterocycles. The molecule has 1 aromatic heterocycles. The molecule has 3 aromatic carbocycles. The third kappa shape index (κ3) is 3.60. The van der Waals surface area contributed by atoms with Gasteiger partial charge in [-0.25, -0.2) is 0 Å². The fraction of sp³-hybridized carbons (Fsp3) is 0.130. The lowest BCUT2D eigenvalue weighted by molar-refractivity contribution is -0.137. The number of fused-ring (bicyclic) bond motifs is 1. The van der Waals surface area contributed by atoms with Gasteiger partial charge >= 0.3 is 6.18 Å². The number of alkyl halides is 3. The summed E-state index contributed by atoms with van der Waals surface area (Å²) in [5, 5.41) is 4.06. The Bertz CT molecular complexity index is 1110. The predicted octanol–water partition coefficient (Wildman–Crippen LogP) is 6.48. The van der Waals surface area contributed by atoms with E-state index in [1.54, 1.807) is 6.07 Å². The van der Waals surface area contributed by atoms with Gasteiger partial charge in [-0.05, 0) is 35.4 Å². The molecule has 1 heterocycles. The second-order valence-electron chi connectivity index (χ2n) is 6.81. The number of nitrogens with zero attached hydrogens (tertiary/aromatic N) is 1. The van der Waals surface area contributed by atoms with Crippen molar-refractivity contribution in [1.82, 2.24) is 4.57 Å². The molecule has 0 spiro atoms. The van der Waals surface area contributed by atoms with Crippen LogP contribution in [0.2, 0.25) is 0 Å². The molecule has 0 atom stereocenters. The van der Waals surface area contributed by atoms with Crippen molar-refractivity contribution in [2.75, 3.05) is 5.32 Å². The van der Waals surface area contributed by atoms with E-state index < -0.39 is 11.7 Å². The van der Waals surface area contributed by atoms with Gasteiger partial charge in [-0.1, -0.05) is 48.5 Å². The van der Waals surface area contributed by atoms with Crippen molar-refractivity contribution in [3.8, 4) is 11.1 Å². The minimum Gasteiger partial charge on any atom is -0.381 e. The molecular weight excluding hydrogens is 361 g/mol. The molecular formula is C23H19F3N2. The van der Waals surface area contributed by atoms with E-state index in [1.165, 1.54) is 6.07 Å². The van der Waals surface area contributed by atoms with Crippen LogP contribution in [0.15, 0.2) is 79.0 Å². The lowest BCUT2D eigenvalue weighted by atomic mass is 10.0. The van der Waals surface area contributed by atoms with Crippen LogP contribution < -0.4 is 5.32 Å². The number of benzene rings is 3. The highest BCUT2D eigenvalue weighted by atomic mass is 19.4. The highest BCUT2D eigenvalue weighted by Crippen LogP contribution is 2.37. The standard InChI is InChI=1S/C23H19F3N2/c1-28-15-21(20-9-5-6-10-22(20)28)17-11-18(23(24,25)26)13-19(12-17)27-14-16-7-3-2-4-8-16/h2-13,15,27H,14H2,1H3. The van der Waals surface area contributed by atoms with E-state index >= 15 is 0 Å². The number of hydrogen-bond acceptors (Lipinski definition) is 1. The van der Waals surface area contributed by atoms with E-state index in [1.807, 2.05) is 72.4 Å². The van der Waals surface area contributed by atoms with Crippen LogP contribution in [0.1, 0.15) is 11.1 Å². The van der Waals surface area contributed by atoms with Crippen LogP contribution in [0.4, 0.5) is 18.9 Å². The molecule has 0 bridgehead atoms. The molecule has 0 aliphatic rings. The van der Waals surface area contributed by atoms with Crippen molar-refractivity contribution in [1.29, 1.82) is 0 Å². The van der Waals surface area contributed by atoms with Crippen LogP contribution in [0.25, 0.3) is 22.0 Å². The van der Waals surface area contributed by atoms with Gasteiger partial charge < -0.3 is 9.88 Å². The maximum atomic E-state index is 13.5. The highest BCUT2D eigenvalue weighted by molar-refractivity contribution is 5.96. The zero-order chi connectivity index (χ0) is 19.7. The van der Waals surface area contributed by atoms with Gasteiger partial charge in [0.25, 0.3) is 0 Å². The minimum absolute atomic E-state index is 0.446. The van der Waals surface area contributed by atoms with E-state index in [2.05, 4.69) is 5.32 Å². The quantitative estimate of drug-likeness (QED) is 0.429. The van der Waals surface area contributed by atoms with Crippen LogP contribution in [-0.4, -0.2) is 4.57 Å². The summed E-state index contributed by atoms with van der Waals surface area (Å²) in [5.74, 6) is 0. The molecule has 0 radical (unpaired) electrons. The van der Waals surface area contributed by atoms with Gasteiger partial charge in [0, 0.05) is 41.9 Å². The average Bonchev–Trinajstić information content (AvgIpc) is 3.03. The van der Waals surface area contributed by atoms with Crippen molar-refractivity contribution < 1.29 is 13.2 Å². The highest BCUT2D eigenvalue weighted by Gasteiger charge is 2.31. The minimum atomic E-state index is -4.41. The summed E-state index contributed by atoms with van der Waals surface area (Å²) in [6, 6.07) is 21.5. The van der Waals surface area contributed by atoms with Gasteiger partial charge in [0.05, 0.1) is 5.56 Å². The van der Waals surface area contributed by atoms with Crippen molar-refractivity contribution >= 4 is 16.6 Å². The average molecular weight is 380 g/mol. The number of rotatable bonds is 4. The smallest absolute Gasteiger partial charge is 0.381 e. The summed E-state index contributed by atoms with van der Waals surface area (Å²) in [5.41, 5.74) is 3.10. The van der Waals surface area contributed by atoms with Crippen LogP contribution in [0, 0.1) is 0 Å². The van der Waals surface area contributed by atoms with Gasteiger partial charge in [-0.3, -0.25) is 0 Å². The second-order valence-corrected chi connectivity index (χ2v) is 6.81. The summed E-state index contributed by atoms with van der Waals surface area (Å²) in [6.45, 7) is 0.455. The van der Waals surface area contributed by atoms with E-state index in [0.29, 0.717) is 17.8 Å². The monoisotopic (exact) mass is 380 g/mol. The van der Waals surface area contributed by atoms with Crippen molar-refractivity contribution in [2.45, 2.75) is 12.7 Å². The number of anilines is 1. The van der Waals surface area contributed by atoms with E-state index in [-0.39, 0.29) is 0 Å². The van der Waals surface area contributed by atoms with Crippen molar-refractivity contribution in [2.24, 2.45) is 7.05 Å². The van der Waals surface area contributed by atoms with E-state index in [9.17, 15) is 13.2 Å². The number of aryl methyl sites for hydroxylation is 1. The van der Waals surface area contributed by atoms with Crippen LogP contribution >= 0.6 is 0 Å². The Morgan fingerprint density at radius 2 is 1.61 bits per heavy atom. The number of para-hydroxylation sites is 1. The normalized spacial score (nSPS) is 11.7. The van der Waals surface area contributed by atoms with Gasteiger partial charge in [-0.2, -0.15) is 13.2 Å². The summed E-state index contributed by atoms with van der Waals surface area (Å²) in [7, 11) is 1.90. The zero-order valence-corrected chi connectivity index (χ0v) is 15.3. The van der Waals surface area contributed by atoms with Gasteiger partial charge in [0.15, 0.2) is 0 Å². The Morgan fingerprint density at radius 3 is 2.36 bits per heavy atom. The van der Waals surface area contributed by atoms with Gasteiger partial charge in [0.2, 0.25) is 0 Å².